The van der Waals surface area contributed by atoms with Crippen molar-refractivity contribution in [2.24, 2.45) is 0 Å². The lowest BCUT2D eigenvalue weighted by Crippen LogP contribution is -2.36. The lowest BCUT2D eigenvalue weighted by Gasteiger charge is -2.28. The topological polar surface area (TPSA) is 55.2 Å². The third-order valence-electron chi connectivity index (χ3n) is 4.47. The zero-order valence-electron chi connectivity index (χ0n) is 14.7. The van der Waals surface area contributed by atoms with Gasteiger partial charge in [0, 0.05) is 31.4 Å². The average molecular weight is 349 g/mol. The van der Waals surface area contributed by atoms with Gasteiger partial charge in [-0.2, -0.15) is 5.10 Å². The maximum atomic E-state index is 5.39. The third-order valence-corrected chi connectivity index (χ3v) is 4.47. The fourth-order valence-electron chi connectivity index (χ4n) is 3.05. The Kier molecular flexibility index (Phi) is 5.12. The minimum absolute atomic E-state index is 0.707. The van der Waals surface area contributed by atoms with Gasteiger partial charge in [0.05, 0.1) is 37.8 Å². The second-order valence-corrected chi connectivity index (χ2v) is 6.39. The number of benzene rings is 1. The molecule has 1 N–H and O–H groups in total. The molecule has 1 fully saturated rings. The van der Waals surface area contributed by atoms with E-state index in [1.54, 1.807) is 0 Å². The summed E-state index contributed by atoms with van der Waals surface area (Å²) in [5.41, 5.74) is 3.53. The Balaban J connectivity index is 1.31. The first-order valence-corrected chi connectivity index (χ1v) is 8.95. The molecule has 4 rings (SSSR count). The van der Waals surface area contributed by atoms with Crippen LogP contribution in [-0.2, 0) is 17.8 Å². The van der Waals surface area contributed by atoms with Crippen LogP contribution in [0.5, 0.6) is 0 Å². The van der Waals surface area contributed by atoms with Crippen molar-refractivity contribution in [3.8, 4) is 0 Å². The van der Waals surface area contributed by atoms with E-state index in [1.807, 2.05) is 41.3 Å². The molecule has 0 spiro atoms. The van der Waals surface area contributed by atoms with Crippen LogP contribution in [0.4, 0.5) is 11.5 Å². The van der Waals surface area contributed by atoms with Gasteiger partial charge in [-0.15, -0.1) is 0 Å². The molecule has 0 unspecified atom stereocenters. The molecule has 6 nitrogen and oxygen atoms in total. The molecule has 26 heavy (non-hydrogen) atoms. The van der Waals surface area contributed by atoms with Crippen molar-refractivity contribution >= 4 is 11.5 Å². The summed E-state index contributed by atoms with van der Waals surface area (Å²) in [6, 6.07) is 14.5. The van der Waals surface area contributed by atoms with Crippen molar-refractivity contribution in [1.82, 2.24) is 14.8 Å². The summed E-state index contributed by atoms with van der Waals surface area (Å²) in [7, 11) is 0. The Labute approximate surface area is 153 Å². The Bertz CT molecular complexity index is 810. The van der Waals surface area contributed by atoms with Crippen LogP contribution in [0, 0.1) is 0 Å². The van der Waals surface area contributed by atoms with E-state index in [0.717, 1.165) is 49.9 Å². The Morgan fingerprint density at radius 1 is 0.962 bits per heavy atom. The molecular formula is C20H23N5O. The summed E-state index contributed by atoms with van der Waals surface area (Å²) in [6.45, 7) is 4.91. The largest absolute Gasteiger partial charge is 0.378 e. The van der Waals surface area contributed by atoms with E-state index < -0.39 is 0 Å². The van der Waals surface area contributed by atoms with Gasteiger partial charge in [-0.05, 0) is 17.7 Å². The fraction of sp³-hybridized carbons (Fsp3) is 0.300. The molecule has 1 aromatic carbocycles. The smallest absolute Gasteiger partial charge is 0.126 e. The van der Waals surface area contributed by atoms with Crippen LogP contribution in [0.25, 0.3) is 0 Å². The third kappa shape index (κ3) is 4.21. The zero-order chi connectivity index (χ0) is 17.6. The van der Waals surface area contributed by atoms with Gasteiger partial charge in [0.15, 0.2) is 0 Å². The molecule has 0 saturated carbocycles. The number of morpholine rings is 1. The number of nitrogens with one attached hydrogen (secondary N) is 1. The number of rotatable bonds is 6. The van der Waals surface area contributed by atoms with E-state index in [4.69, 9.17) is 4.74 Å². The van der Waals surface area contributed by atoms with Gasteiger partial charge >= 0.3 is 0 Å². The van der Waals surface area contributed by atoms with Crippen molar-refractivity contribution in [3.63, 3.8) is 0 Å². The van der Waals surface area contributed by atoms with E-state index in [0.29, 0.717) is 6.54 Å². The van der Waals surface area contributed by atoms with Crippen molar-refractivity contribution in [1.29, 1.82) is 0 Å². The van der Waals surface area contributed by atoms with Gasteiger partial charge in [0.2, 0.25) is 0 Å². The zero-order valence-corrected chi connectivity index (χ0v) is 14.7. The van der Waals surface area contributed by atoms with E-state index in [-0.39, 0.29) is 0 Å². The highest BCUT2D eigenvalue weighted by atomic mass is 16.5. The molecule has 0 amide bonds. The summed E-state index contributed by atoms with van der Waals surface area (Å²) in [5.74, 6) is 0.873. The van der Waals surface area contributed by atoms with E-state index >= 15 is 0 Å². The van der Waals surface area contributed by atoms with Crippen LogP contribution < -0.4 is 10.2 Å². The van der Waals surface area contributed by atoms with Gasteiger partial charge in [-0.1, -0.05) is 30.3 Å². The second kappa shape index (κ2) is 8.01. The summed E-state index contributed by atoms with van der Waals surface area (Å²) < 4.78 is 7.35. The fourth-order valence-corrected chi connectivity index (χ4v) is 3.05. The van der Waals surface area contributed by atoms with Crippen LogP contribution >= 0.6 is 0 Å². The van der Waals surface area contributed by atoms with Crippen molar-refractivity contribution in [3.05, 3.63) is 72.2 Å². The predicted molar refractivity (Wildman–Crippen MR) is 102 cm³/mol. The Hall–Kier alpha value is -2.86. The van der Waals surface area contributed by atoms with Crippen molar-refractivity contribution in [2.75, 3.05) is 36.5 Å². The molecule has 1 aliphatic rings. The average Bonchev–Trinajstić information content (AvgIpc) is 3.16. The standard InChI is InChI=1S/C20H23N5O/c1-2-4-17(5-3-1)15-25-16-18(13-23-25)12-21-20-7-6-19(14-22-20)24-8-10-26-11-9-24/h1-7,13-14,16H,8-12,15H2,(H,21,22). The molecule has 0 bridgehead atoms. The highest BCUT2D eigenvalue weighted by Gasteiger charge is 2.11. The number of aromatic nitrogens is 3. The maximum absolute atomic E-state index is 5.39. The van der Waals surface area contributed by atoms with Crippen LogP contribution in [0.1, 0.15) is 11.1 Å². The highest BCUT2D eigenvalue weighted by molar-refractivity contribution is 5.49. The first kappa shape index (κ1) is 16.6. The van der Waals surface area contributed by atoms with E-state index in [9.17, 15) is 0 Å². The number of hydrogen-bond acceptors (Lipinski definition) is 5. The Morgan fingerprint density at radius 2 is 1.81 bits per heavy atom. The summed E-state index contributed by atoms with van der Waals surface area (Å²) >= 11 is 0. The lowest BCUT2D eigenvalue weighted by atomic mass is 10.2. The molecule has 1 aliphatic heterocycles. The molecule has 0 aliphatic carbocycles. The molecule has 134 valence electrons. The molecule has 1 saturated heterocycles. The van der Waals surface area contributed by atoms with Crippen LogP contribution in [0.15, 0.2) is 61.1 Å². The maximum Gasteiger partial charge on any atom is 0.126 e. The minimum atomic E-state index is 0.707. The van der Waals surface area contributed by atoms with Crippen LogP contribution in [0.2, 0.25) is 0 Å². The van der Waals surface area contributed by atoms with E-state index in [2.05, 4.69) is 44.7 Å². The van der Waals surface area contributed by atoms with Crippen LogP contribution in [0.3, 0.4) is 0 Å². The molecule has 0 radical (unpaired) electrons. The first-order chi connectivity index (χ1) is 12.9. The number of hydrogen-bond donors (Lipinski definition) is 1. The normalized spacial score (nSPS) is 14.4. The monoisotopic (exact) mass is 349 g/mol. The second-order valence-electron chi connectivity index (χ2n) is 6.39. The Morgan fingerprint density at radius 3 is 2.58 bits per heavy atom. The first-order valence-electron chi connectivity index (χ1n) is 8.95. The number of ether oxygens (including phenoxy) is 1. The lowest BCUT2D eigenvalue weighted by molar-refractivity contribution is 0.122. The van der Waals surface area contributed by atoms with Crippen molar-refractivity contribution in [2.45, 2.75) is 13.1 Å². The molecule has 3 heterocycles. The number of nitrogens with zero attached hydrogens (tertiary/aromatic N) is 4. The molecule has 6 heteroatoms. The summed E-state index contributed by atoms with van der Waals surface area (Å²) in [5, 5.41) is 7.80. The SMILES string of the molecule is c1ccc(Cn2cc(CNc3ccc(N4CCOCC4)cn3)cn2)cc1. The van der Waals surface area contributed by atoms with Crippen molar-refractivity contribution < 1.29 is 4.74 Å². The molecule has 0 atom stereocenters. The minimum Gasteiger partial charge on any atom is -0.378 e. The summed E-state index contributed by atoms with van der Waals surface area (Å²) in [6.07, 6.45) is 5.90. The highest BCUT2D eigenvalue weighted by Crippen LogP contribution is 2.17. The molecule has 3 aromatic rings. The van der Waals surface area contributed by atoms with Gasteiger partial charge in [0.1, 0.15) is 5.82 Å². The molecule has 2 aromatic heterocycles. The number of anilines is 2. The predicted octanol–water partition coefficient (Wildman–Crippen LogP) is 2.78. The van der Waals surface area contributed by atoms with Gasteiger partial charge < -0.3 is 15.0 Å². The van der Waals surface area contributed by atoms with E-state index in [1.165, 1.54) is 5.56 Å². The quantitative estimate of drug-likeness (QED) is 0.742. The number of pyridine rings is 1. The van der Waals surface area contributed by atoms with Gasteiger partial charge in [-0.3, -0.25) is 4.68 Å². The van der Waals surface area contributed by atoms with Gasteiger partial charge in [0.25, 0.3) is 0 Å². The molecular weight excluding hydrogens is 326 g/mol. The van der Waals surface area contributed by atoms with Gasteiger partial charge in [-0.25, -0.2) is 4.98 Å². The summed E-state index contributed by atoms with van der Waals surface area (Å²) in [4.78, 5) is 6.82. The van der Waals surface area contributed by atoms with Crippen LogP contribution in [-0.4, -0.2) is 41.1 Å².